The summed E-state index contributed by atoms with van der Waals surface area (Å²) in [6, 6.07) is 3.26. The monoisotopic (exact) mass is 253 g/mol. The molecule has 0 saturated heterocycles. The van der Waals surface area contributed by atoms with Crippen LogP contribution in [0.4, 0.5) is 0 Å². The fourth-order valence-electron chi connectivity index (χ4n) is 2.53. The molecule has 96 valence electrons. The van der Waals surface area contributed by atoms with E-state index < -0.39 is 0 Å². The van der Waals surface area contributed by atoms with E-state index in [4.69, 9.17) is 4.74 Å². The molecule has 0 spiro atoms. The van der Waals surface area contributed by atoms with Crippen molar-refractivity contribution in [2.24, 2.45) is 0 Å². The number of hydrogen-bond donors (Lipinski definition) is 1. The molecule has 3 heteroatoms. The van der Waals surface area contributed by atoms with Crippen LogP contribution in [-0.2, 0) is 17.6 Å². The molecule has 1 N–H and O–H groups in total. The standard InChI is InChI=1S/C14H23NOS/c1-10(9-16-3)15-11(2)14-8-12-6-4-5-7-13(12)17-14/h8,10-11,15H,4-7,9H2,1-3H3. The third-order valence-electron chi connectivity index (χ3n) is 3.39. The van der Waals surface area contributed by atoms with Gasteiger partial charge in [0.2, 0.25) is 0 Å². The average molecular weight is 253 g/mol. The maximum atomic E-state index is 5.16. The highest BCUT2D eigenvalue weighted by molar-refractivity contribution is 7.12. The van der Waals surface area contributed by atoms with Gasteiger partial charge in [-0.05, 0) is 51.2 Å². The van der Waals surface area contributed by atoms with E-state index in [1.165, 1.54) is 30.6 Å². The highest BCUT2D eigenvalue weighted by Gasteiger charge is 2.17. The molecular formula is C14H23NOS. The van der Waals surface area contributed by atoms with Crippen LogP contribution in [0.3, 0.4) is 0 Å². The number of fused-ring (bicyclic) bond motifs is 1. The molecule has 2 atom stereocenters. The van der Waals surface area contributed by atoms with Crippen molar-refractivity contribution in [1.82, 2.24) is 5.32 Å². The first-order valence-electron chi connectivity index (χ1n) is 6.57. The Labute approximate surface area is 108 Å². The first kappa shape index (κ1) is 13.1. The largest absolute Gasteiger partial charge is 0.383 e. The predicted octanol–water partition coefficient (Wildman–Crippen LogP) is 3.31. The van der Waals surface area contributed by atoms with E-state index >= 15 is 0 Å². The average Bonchev–Trinajstić information content (AvgIpc) is 2.72. The van der Waals surface area contributed by atoms with Gasteiger partial charge >= 0.3 is 0 Å². The van der Waals surface area contributed by atoms with E-state index in [1.807, 2.05) is 11.3 Å². The topological polar surface area (TPSA) is 21.3 Å². The number of rotatable bonds is 5. The van der Waals surface area contributed by atoms with Crippen LogP contribution in [0.5, 0.6) is 0 Å². The lowest BCUT2D eigenvalue weighted by Crippen LogP contribution is -2.32. The van der Waals surface area contributed by atoms with Gasteiger partial charge in [-0.3, -0.25) is 0 Å². The molecule has 0 radical (unpaired) electrons. The van der Waals surface area contributed by atoms with Crippen LogP contribution < -0.4 is 5.32 Å². The molecule has 0 aromatic carbocycles. The maximum absolute atomic E-state index is 5.16. The summed E-state index contributed by atoms with van der Waals surface area (Å²) < 4.78 is 5.16. The molecule has 0 saturated carbocycles. The highest BCUT2D eigenvalue weighted by Crippen LogP contribution is 2.32. The summed E-state index contributed by atoms with van der Waals surface area (Å²) >= 11 is 2.00. The normalized spacial score (nSPS) is 18.8. The third kappa shape index (κ3) is 3.30. The van der Waals surface area contributed by atoms with Gasteiger partial charge in [-0.25, -0.2) is 0 Å². The van der Waals surface area contributed by atoms with Gasteiger partial charge in [0.1, 0.15) is 0 Å². The van der Waals surface area contributed by atoms with Crippen molar-refractivity contribution in [1.29, 1.82) is 0 Å². The zero-order chi connectivity index (χ0) is 12.3. The fraction of sp³-hybridized carbons (Fsp3) is 0.714. The second-order valence-corrected chi connectivity index (χ2v) is 6.22. The molecule has 2 unspecified atom stereocenters. The molecule has 1 aliphatic carbocycles. The summed E-state index contributed by atoms with van der Waals surface area (Å²) in [5.74, 6) is 0. The zero-order valence-electron chi connectivity index (χ0n) is 11.1. The first-order chi connectivity index (χ1) is 8.20. The van der Waals surface area contributed by atoms with Gasteiger partial charge in [0.05, 0.1) is 6.61 Å². The van der Waals surface area contributed by atoms with Crippen molar-refractivity contribution >= 4 is 11.3 Å². The Bertz CT molecular complexity index is 338. The number of methoxy groups -OCH3 is 1. The van der Waals surface area contributed by atoms with Crippen molar-refractivity contribution in [3.63, 3.8) is 0 Å². The molecular weight excluding hydrogens is 230 g/mol. The number of thiophene rings is 1. The summed E-state index contributed by atoms with van der Waals surface area (Å²) in [5, 5.41) is 3.59. The van der Waals surface area contributed by atoms with Crippen LogP contribution in [0.1, 0.15) is 48.0 Å². The summed E-state index contributed by atoms with van der Waals surface area (Å²) in [6.07, 6.45) is 5.31. The van der Waals surface area contributed by atoms with E-state index in [2.05, 4.69) is 25.2 Å². The number of nitrogens with one attached hydrogen (secondary N) is 1. The van der Waals surface area contributed by atoms with Gasteiger partial charge in [0.15, 0.2) is 0 Å². The lowest BCUT2D eigenvalue weighted by molar-refractivity contribution is 0.168. The Morgan fingerprint density at radius 1 is 1.35 bits per heavy atom. The van der Waals surface area contributed by atoms with E-state index in [9.17, 15) is 0 Å². The summed E-state index contributed by atoms with van der Waals surface area (Å²) in [7, 11) is 1.76. The molecule has 2 rings (SSSR count). The predicted molar refractivity (Wildman–Crippen MR) is 73.8 cm³/mol. The molecule has 2 nitrogen and oxygen atoms in total. The van der Waals surface area contributed by atoms with E-state index in [-0.39, 0.29) is 0 Å². The molecule has 0 aliphatic heterocycles. The lowest BCUT2D eigenvalue weighted by atomic mass is 9.99. The molecule has 1 aromatic rings. The van der Waals surface area contributed by atoms with Gasteiger partial charge in [0, 0.05) is 28.9 Å². The Balaban J connectivity index is 1.99. The van der Waals surface area contributed by atoms with Crippen LogP contribution in [0.2, 0.25) is 0 Å². The Kier molecular flexibility index (Phi) is 4.60. The fourth-order valence-corrected chi connectivity index (χ4v) is 3.80. The van der Waals surface area contributed by atoms with Gasteiger partial charge < -0.3 is 10.1 Å². The smallest absolute Gasteiger partial charge is 0.0613 e. The Morgan fingerprint density at radius 2 is 2.12 bits per heavy atom. The molecule has 1 aliphatic rings. The van der Waals surface area contributed by atoms with Crippen LogP contribution in [-0.4, -0.2) is 19.8 Å². The first-order valence-corrected chi connectivity index (χ1v) is 7.39. The maximum Gasteiger partial charge on any atom is 0.0613 e. The Morgan fingerprint density at radius 3 is 2.82 bits per heavy atom. The molecule has 0 fully saturated rings. The van der Waals surface area contributed by atoms with E-state index in [0.717, 1.165) is 6.61 Å². The van der Waals surface area contributed by atoms with Gasteiger partial charge in [-0.15, -0.1) is 11.3 Å². The second-order valence-electron chi connectivity index (χ2n) is 5.05. The minimum atomic E-state index is 0.411. The summed E-state index contributed by atoms with van der Waals surface area (Å²) in [4.78, 5) is 3.11. The van der Waals surface area contributed by atoms with Crippen molar-refractivity contribution in [2.75, 3.05) is 13.7 Å². The van der Waals surface area contributed by atoms with E-state index in [0.29, 0.717) is 12.1 Å². The van der Waals surface area contributed by atoms with Gasteiger partial charge in [-0.1, -0.05) is 0 Å². The van der Waals surface area contributed by atoms with Crippen molar-refractivity contribution in [3.05, 3.63) is 21.4 Å². The van der Waals surface area contributed by atoms with Crippen molar-refractivity contribution in [3.8, 4) is 0 Å². The summed E-state index contributed by atoms with van der Waals surface area (Å²) in [5.41, 5.74) is 1.60. The van der Waals surface area contributed by atoms with Crippen LogP contribution in [0, 0.1) is 0 Å². The van der Waals surface area contributed by atoms with Crippen molar-refractivity contribution in [2.45, 2.75) is 51.6 Å². The highest BCUT2D eigenvalue weighted by atomic mass is 32.1. The summed E-state index contributed by atoms with van der Waals surface area (Å²) in [6.45, 7) is 5.20. The molecule has 0 bridgehead atoms. The minimum Gasteiger partial charge on any atom is -0.383 e. The van der Waals surface area contributed by atoms with Crippen LogP contribution in [0.25, 0.3) is 0 Å². The van der Waals surface area contributed by atoms with Crippen LogP contribution >= 0.6 is 11.3 Å². The lowest BCUT2D eigenvalue weighted by Gasteiger charge is -2.18. The van der Waals surface area contributed by atoms with Gasteiger partial charge in [-0.2, -0.15) is 0 Å². The number of ether oxygens (including phenoxy) is 1. The molecule has 0 amide bonds. The molecule has 17 heavy (non-hydrogen) atoms. The SMILES string of the molecule is COCC(C)NC(C)c1cc2c(s1)CCCC2. The molecule has 1 aromatic heterocycles. The quantitative estimate of drug-likeness (QED) is 0.869. The van der Waals surface area contributed by atoms with E-state index in [1.54, 1.807) is 17.6 Å². The number of hydrogen-bond acceptors (Lipinski definition) is 3. The Hall–Kier alpha value is -0.380. The van der Waals surface area contributed by atoms with Crippen LogP contribution in [0.15, 0.2) is 6.07 Å². The second kappa shape index (κ2) is 5.98. The number of aryl methyl sites for hydroxylation is 2. The molecule has 1 heterocycles. The minimum absolute atomic E-state index is 0.411. The third-order valence-corrected chi connectivity index (χ3v) is 4.81. The van der Waals surface area contributed by atoms with Crippen molar-refractivity contribution < 1.29 is 4.74 Å². The van der Waals surface area contributed by atoms with Gasteiger partial charge in [0.25, 0.3) is 0 Å². The zero-order valence-corrected chi connectivity index (χ0v) is 11.9.